The van der Waals surface area contributed by atoms with E-state index in [1.54, 1.807) is 0 Å². The van der Waals surface area contributed by atoms with Gasteiger partial charge in [-0.1, -0.05) is 26.0 Å². The first-order valence-corrected chi connectivity index (χ1v) is 11.7. The van der Waals surface area contributed by atoms with E-state index in [-0.39, 0.29) is 11.2 Å². The van der Waals surface area contributed by atoms with Crippen LogP contribution in [0.2, 0.25) is 0 Å². The van der Waals surface area contributed by atoms with Crippen LogP contribution in [0, 0.1) is 12.8 Å². The number of amides is 2. The molecule has 0 bridgehead atoms. The predicted octanol–water partition coefficient (Wildman–Crippen LogP) is 4.08. The Balaban J connectivity index is 2.10. The molecule has 2 amide bonds. The quantitative estimate of drug-likeness (QED) is 0.214. The lowest BCUT2D eigenvalue weighted by Crippen LogP contribution is -2.45. The second kappa shape index (κ2) is 12.4. The molecule has 2 aromatic rings. The van der Waals surface area contributed by atoms with E-state index in [1.807, 2.05) is 31.3 Å². The van der Waals surface area contributed by atoms with Gasteiger partial charge in [0, 0.05) is 28.5 Å². The Labute approximate surface area is 192 Å². The molecule has 176 valence electrons. The summed E-state index contributed by atoms with van der Waals surface area (Å²) in [5.74, 6) is -0.408. The number of H-pyrrole nitrogens is 1. The number of unbranched alkanes of at least 4 members (excludes halogenated alkanes) is 1. The molecule has 0 aliphatic rings. The molecule has 0 aliphatic carbocycles. The molecule has 0 spiro atoms. The summed E-state index contributed by atoms with van der Waals surface area (Å²) in [6, 6.07) is 5.28. The number of thioether (sulfide) groups is 1. The van der Waals surface area contributed by atoms with Gasteiger partial charge in [-0.05, 0) is 50.2 Å². The normalized spacial score (nSPS) is 13.0. The smallest absolute Gasteiger partial charge is 0.404 e. The van der Waals surface area contributed by atoms with Gasteiger partial charge in [0.25, 0.3) is 0 Å². The first-order valence-electron chi connectivity index (χ1n) is 10.8. The number of hydrogen-bond donors (Lipinski definition) is 4. The molecule has 0 fully saturated rings. The molecule has 1 aromatic heterocycles. The first kappa shape index (κ1) is 25.6. The fourth-order valence-electron chi connectivity index (χ4n) is 3.54. The molecule has 0 saturated carbocycles. The van der Waals surface area contributed by atoms with Crippen molar-refractivity contribution in [3.05, 3.63) is 30.0 Å². The van der Waals surface area contributed by atoms with Gasteiger partial charge in [-0.25, -0.2) is 9.59 Å². The Morgan fingerprint density at radius 3 is 2.62 bits per heavy atom. The third-order valence-electron chi connectivity index (χ3n) is 5.12. The summed E-state index contributed by atoms with van der Waals surface area (Å²) in [6.07, 6.45) is 3.02. The van der Waals surface area contributed by atoms with E-state index in [0.717, 1.165) is 21.4 Å². The van der Waals surface area contributed by atoms with Crippen molar-refractivity contribution < 1.29 is 24.2 Å². The lowest BCUT2D eigenvalue weighted by Gasteiger charge is -2.22. The second-order valence-corrected chi connectivity index (χ2v) is 9.44. The zero-order valence-electron chi connectivity index (χ0n) is 19.1. The van der Waals surface area contributed by atoms with Gasteiger partial charge >= 0.3 is 12.1 Å². The number of carbonyl (C=O) groups excluding carboxylic acids is 2. The summed E-state index contributed by atoms with van der Waals surface area (Å²) in [7, 11) is 1.29. The van der Waals surface area contributed by atoms with E-state index >= 15 is 0 Å². The Bertz CT molecular complexity index is 927. The van der Waals surface area contributed by atoms with Gasteiger partial charge in [0.1, 0.15) is 6.04 Å². The lowest BCUT2D eigenvalue weighted by molar-refractivity contribution is -0.145. The average Bonchev–Trinajstić information content (AvgIpc) is 3.15. The number of fused-ring (bicyclic) bond motifs is 1. The minimum absolute atomic E-state index is 0.203. The number of carbonyl (C=O) groups is 3. The highest BCUT2D eigenvalue weighted by molar-refractivity contribution is 8.00. The maximum atomic E-state index is 13.2. The number of ether oxygens (including phenoxy) is 1. The van der Waals surface area contributed by atoms with Crippen molar-refractivity contribution in [2.24, 2.45) is 5.92 Å². The van der Waals surface area contributed by atoms with Crippen LogP contribution >= 0.6 is 11.8 Å². The van der Waals surface area contributed by atoms with Gasteiger partial charge in [-0.2, -0.15) is 0 Å². The first-order chi connectivity index (χ1) is 15.2. The summed E-state index contributed by atoms with van der Waals surface area (Å²) in [5, 5.41) is 14.5. The number of esters is 1. The van der Waals surface area contributed by atoms with Crippen LogP contribution in [0.4, 0.5) is 4.79 Å². The van der Waals surface area contributed by atoms with Gasteiger partial charge in [0.2, 0.25) is 5.91 Å². The van der Waals surface area contributed by atoms with E-state index in [9.17, 15) is 14.4 Å². The number of aromatic amines is 1. The molecule has 9 heteroatoms. The standard InChI is InChI=1S/C23H33N3O5S/c1-14(2)12-18(32-19-13-25-16-10-7-8-15(3)20(16)19)21(27)26-17(22(28)31-4)9-5-6-11-24-23(29)30/h7-8,10,13-14,17-18,24-25H,5-6,9,11-12H2,1-4H3,(H,26,27)(H,29,30). The van der Waals surface area contributed by atoms with Crippen LogP contribution in [-0.4, -0.2) is 53.0 Å². The van der Waals surface area contributed by atoms with Gasteiger partial charge in [-0.15, -0.1) is 11.8 Å². The second-order valence-electron chi connectivity index (χ2n) is 8.20. The number of carboxylic acid groups (broad SMARTS) is 1. The summed E-state index contributed by atoms with van der Waals surface area (Å²) < 4.78 is 4.87. The van der Waals surface area contributed by atoms with E-state index in [2.05, 4.69) is 29.5 Å². The molecule has 32 heavy (non-hydrogen) atoms. The Hall–Kier alpha value is -2.68. The third-order valence-corrected chi connectivity index (χ3v) is 6.39. The maximum absolute atomic E-state index is 13.2. The number of nitrogens with one attached hydrogen (secondary N) is 3. The monoisotopic (exact) mass is 463 g/mol. The van der Waals surface area contributed by atoms with E-state index < -0.39 is 18.1 Å². The SMILES string of the molecule is COC(=O)C(CCCCNC(=O)O)NC(=O)C(CC(C)C)Sc1c[nH]c2cccc(C)c12. The molecule has 2 atom stereocenters. The number of aromatic nitrogens is 1. The molecule has 1 heterocycles. The van der Waals surface area contributed by atoms with Crippen LogP contribution in [0.5, 0.6) is 0 Å². The zero-order valence-corrected chi connectivity index (χ0v) is 19.9. The van der Waals surface area contributed by atoms with Gasteiger partial charge in [0.15, 0.2) is 0 Å². The molecule has 2 rings (SSSR count). The van der Waals surface area contributed by atoms with E-state index in [0.29, 0.717) is 38.1 Å². The molecule has 0 saturated heterocycles. The molecule has 1 aromatic carbocycles. The van der Waals surface area contributed by atoms with Crippen LogP contribution in [0.25, 0.3) is 10.9 Å². The summed E-state index contributed by atoms with van der Waals surface area (Å²) in [6.45, 7) is 6.47. The van der Waals surface area contributed by atoms with Crippen molar-refractivity contribution in [1.29, 1.82) is 0 Å². The van der Waals surface area contributed by atoms with Crippen molar-refractivity contribution in [2.45, 2.75) is 62.6 Å². The van der Waals surface area contributed by atoms with Crippen LogP contribution in [0.3, 0.4) is 0 Å². The molecule has 8 nitrogen and oxygen atoms in total. The number of benzene rings is 1. The molecule has 0 radical (unpaired) electrons. The van der Waals surface area contributed by atoms with Gasteiger partial charge in [-0.3, -0.25) is 4.79 Å². The minimum Gasteiger partial charge on any atom is -0.467 e. The number of aryl methyl sites for hydroxylation is 1. The molecular formula is C23H33N3O5S. The van der Waals surface area contributed by atoms with Crippen molar-refractivity contribution >= 4 is 40.6 Å². The lowest BCUT2D eigenvalue weighted by atomic mass is 10.1. The Kier molecular flexibility index (Phi) is 9.90. The Morgan fingerprint density at radius 2 is 1.97 bits per heavy atom. The average molecular weight is 464 g/mol. The number of methoxy groups -OCH3 is 1. The molecule has 0 aliphatic heterocycles. The number of rotatable bonds is 12. The van der Waals surface area contributed by atoms with Crippen LogP contribution in [0.1, 0.15) is 45.1 Å². The minimum atomic E-state index is -1.08. The summed E-state index contributed by atoms with van der Waals surface area (Å²) in [5.41, 5.74) is 2.16. The molecular weight excluding hydrogens is 430 g/mol. The highest BCUT2D eigenvalue weighted by atomic mass is 32.2. The molecule has 4 N–H and O–H groups in total. The number of hydrogen-bond acceptors (Lipinski definition) is 5. The largest absolute Gasteiger partial charge is 0.467 e. The third kappa shape index (κ3) is 7.47. The van der Waals surface area contributed by atoms with Crippen molar-refractivity contribution in [3.8, 4) is 0 Å². The van der Waals surface area contributed by atoms with Crippen LogP contribution < -0.4 is 10.6 Å². The van der Waals surface area contributed by atoms with Crippen molar-refractivity contribution in [1.82, 2.24) is 15.6 Å². The summed E-state index contributed by atoms with van der Waals surface area (Å²) >= 11 is 1.50. The fraction of sp³-hybridized carbons (Fsp3) is 0.522. The van der Waals surface area contributed by atoms with Crippen molar-refractivity contribution in [2.75, 3.05) is 13.7 Å². The van der Waals surface area contributed by atoms with Crippen LogP contribution in [-0.2, 0) is 14.3 Å². The van der Waals surface area contributed by atoms with Gasteiger partial charge in [0.05, 0.1) is 12.4 Å². The topological polar surface area (TPSA) is 121 Å². The highest BCUT2D eigenvalue weighted by Crippen LogP contribution is 2.35. The van der Waals surface area contributed by atoms with Crippen LogP contribution in [0.15, 0.2) is 29.3 Å². The van der Waals surface area contributed by atoms with E-state index in [1.165, 1.54) is 18.9 Å². The summed E-state index contributed by atoms with van der Waals surface area (Å²) in [4.78, 5) is 40.3. The fourth-order valence-corrected chi connectivity index (χ4v) is 5.02. The highest BCUT2D eigenvalue weighted by Gasteiger charge is 2.28. The molecule has 2 unspecified atom stereocenters. The maximum Gasteiger partial charge on any atom is 0.404 e. The predicted molar refractivity (Wildman–Crippen MR) is 126 cm³/mol. The van der Waals surface area contributed by atoms with Crippen molar-refractivity contribution in [3.63, 3.8) is 0 Å². The van der Waals surface area contributed by atoms with E-state index in [4.69, 9.17) is 9.84 Å². The van der Waals surface area contributed by atoms with Gasteiger partial charge < -0.3 is 25.5 Å². The zero-order chi connectivity index (χ0) is 23.7. The Morgan fingerprint density at radius 1 is 1.22 bits per heavy atom.